The fourth-order valence-corrected chi connectivity index (χ4v) is 3.33. The summed E-state index contributed by atoms with van der Waals surface area (Å²) in [4.78, 5) is 12.0. The number of carbonyl (C=O) groups is 1. The van der Waals surface area contributed by atoms with Crippen molar-refractivity contribution < 1.29 is 17.7 Å². The molecule has 0 saturated heterocycles. The molecular weight excluding hydrogens is 330 g/mol. The van der Waals surface area contributed by atoms with Gasteiger partial charge in [0.2, 0.25) is 15.9 Å². The van der Waals surface area contributed by atoms with Crippen molar-refractivity contribution in [3.8, 4) is 0 Å². The van der Waals surface area contributed by atoms with Crippen LogP contribution in [-0.2, 0) is 14.8 Å². The summed E-state index contributed by atoms with van der Waals surface area (Å²) in [6, 6.07) is 7.12. The Morgan fingerprint density at radius 2 is 1.79 bits per heavy atom. The molecule has 0 bridgehead atoms. The molecule has 0 spiro atoms. The van der Waals surface area contributed by atoms with E-state index in [1.807, 2.05) is 19.9 Å². The topological polar surface area (TPSA) is 92.5 Å². The van der Waals surface area contributed by atoms with Crippen LogP contribution in [0, 0.1) is 20.8 Å². The van der Waals surface area contributed by atoms with E-state index in [1.54, 1.807) is 25.1 Å². The number of hydrogen-bond donors (Lipinski definition) is 1. The monoisotopic (exact) mass is 351 g/mol. The number of aromatic nitrogens is 1. The number of nitrogens with one attached hydrogen (secondary N) is 1. The molecule has 0 unspecified atom stereocenters. The van der Waals surface area contributed by atoms with E-state index in [0.717, 1.165) is 17.4 Å². The van der Waals surface area contributed by atoms with Crippen molar-refractivity contribution in [1.29, 1.82) is 0 Å². The van der Waals surface area contributed by atoms with Crippen molar-refractivity contribution in [3.63, 3.8) is 0 Å². The van der Waals surface area contributed by atoms with E-state index >= 15 is 0 Å². The van der Waals surface area contributed by atoms with E-state index in [1.165, 1.54) is 4.31 Å². The van der Waals surface area contributed by atoms with Gasteiger partial charge < -0.3 is 9.84 Å². The smallest absolute Gasteiger partial charge is 0.232 e. The summed E-state index contributed by atoms with van der Waals surface area (Å²) in [6.45, 7) is 5.56. The number of anilines is 2. The molecule has 0 fully saturated rings. The highest BCUT2D eigenvalue weighted by molar-refractivity contribution is 7.92. The highest BCUT2D eigenvalue weighted by Crippen LogP contribution is 2.21. The lowest BCUT2D eigenvalue weighted by Gasteiger charge is -2.23. The molecule has 1 aromatic carbocycles. The SMILES string of the molecule is Cc1cc(C)cc(N(CCC(=O)Nc2cc(C)on2)S(C)(=O)=O)c1. The van der Waals surface area contributed by atoms with Gasteiger partial charge in [0.15, 0.2) is 5.82 Å². The van der Waals surface area contributed by atoms with Gasteiger partial charge >= 0.3 is 0 Å². The summed E-state index contributed by atoms with van der Waals surface area (Å²) >= 11 is 0. The van der Waals surface area contributed by atoms with Crippen LogP contribution in [-0.4, -0.2) is 32.3 Å². The maximum absolute atomic E-state index is 12.1. The van der Waals surface area contributed by atoms with Gasteiger partial charge in [-0.15, -0.1) is 0 Å². The van der Waals surface area contributed by atoms with Gasteiger partial charge in [-0.2, -0.15) is 0 Å². The Bertz CT molecular complexity index is 823. The minimum Gasteiger partial charge on any atom is -0.360 e. The molecule has 24 heavy (non-hydrogen) atoms. The Labute approximate surface area is 141 Å². The minimum atomic E-state index is -3.50. The van der Waals surface area contributed by atoms with Crippen LogP contribution in [0.1, 0.15) is 23.3 Å². The Kier molecular flexibility index (Phi) is 5.28. The predicted molar refractivity (Wildman–Crippen MR) is 92.6 cm³/mol. The quantitative estimate of drug-likeness (QED) is 0.862. The Hall–Kier alpha value is -2.35. The molecule has 2 rings (SSSR count). The molecule has 0 atom stereocenters. The van der Waals surface area contributed by atoms with Gasteiger partial charge in [0.05, 0.1) is 11.9 Å². The van der Waals surface area contributed by atoms with Crippen LogP contribution < -0.4 is 9.62 Å². The fraction of sp³-hybridized carbons (Fsp3) is 0.375. The van der Waals surface area contributed by atoms with Crippen LogP contribution in [0.4, 0.5) is 11.5 Å². The molecular formula is C16H21N3O4S. The standard InChI is InChI=1S/C16H21N3O4S/c1-11-7-12(2)9-14(8-11)19(24(4,21)22)6-5-16(20)17-15-10-13(3)23-18-15/h7-10H,5-6H2,1-4H3,(H,17,18,20). The highest BCUT2D eigenvalue weighted by atomic mass is 32.2. The van der Waals surface area contributed by atoms with Gasteiger partial charge in [-0.1, -0.05) is 11.2 Å². The third kappa shape index (κ3) is 4.82. The summed E-state index contributed by atoms with van der Waals surface area (Å²) < 4.78 is 30.3. The number of hydrogen-bond acceptors (Lipinski definition) is 5. The van der Waals surface area contributed by atoms with E-state index in [4.69, 9.17) is 4.52 Å². The first-order chi connectivity index (χ1) is 11.1. The Balaban J connectivity index is 2.11. The van der Waals surface area contributed by atoms with Crippen LogP contribution in [0.5, 0.6) is 0 Å². The third-order valence-corrected chi connectivity index (χ3v) is 4.53. The van der Waals surface area contributed by atoms with E-state index in [2.05, 4.69) is 10.5 Å². The van der Waals surface area contributed by atoms with E-state index < -0.39 is 10.0 Å². The number of nitrogens with zero attached hydrogens (tertiary/aromatic N) is 2. The van der Waals surface area contributed by atoms with Crippen LogP contribution in [0.15, 0.2) is 28.8 Å². The van der Waals surface area contributed by atoms with Gasteiger partial charge in [-0.05, 0) is 44.0 Å². The number of aryl methyl sites for hydroxylation is 3. The number of amides is 1. The summed E-state index contributed by atoms with van der Waals surface area (Å²) in [5.41, 5.74) is 2.47. The van der Waals surface area contributed by atoms with E-state index in [0.29, 0.717) is 17.3 Å². The molecule has 0 aliphatic heterocycles. The molecule has 0 saturated carbocycles. The van der Waals surface area contributed by atoms with E-state index in [9.17, 15) is 13.2 Å². The molecule has 1 N–H and O–H groups in total. The minimum absolute atomic E-state index is 0.00592. The first-order valence-electron chi connectivity index (χ1n) is 7.44. The molecule has 8 heteroatoms. The van der Waals surface area contributed by atoms with Gasteiger partial charge in [0.1, 0.15) is 5.76 Å². The average molecular weight is 351 g/mol. The average Bonchev–Trinajstić information content (AvgIpc) is 2.81. The molecule has 0 aliphatic carbocycles. The number of benzene rings is 1. The van der Waals surface area contributed by atoms with Crippen molar-refractivity contribution in [1.82, 2.24) is 5.16 Å². The van der Waals surface area contributed by atoms with Gasteiger partial charge in [-0.25, -0.2) is 8.42 Å². The van der Waals surface area contributed by atoms with Crippen LogP contribution in [0.25, 0.3) is 0 Å². The predicted octanol–water partition coefficient (Wildman–Crippen LogP) is 2.39. The lowest BCUT2D eigenvalue weighted by molar-refractivity contribution is -0.116. The highest BCUT2D eigenvalue weighted by Gasteiger charge is 2.19. The van der Waals surface area contributed by atoms with Crippen LogP contribution >= 0.6 is 0 Å². The molecule has 1 heterocycles. The second-order valence-electron chi connectivity index (χ2n) is 5.80. The van der Waals surface area contributed by atoms with Gasteiger partial charge in [0.25, 0.3) is 0 Å². The second kappa shape index (κ2) is 7.04. The molecule has 0 radical (unpaired) electrons. The van der Waals surface area contributed by atoms with Crippen molar-refractivity contribution in [3.05, 3.63) is 41.2 Å². The first kappa shape index (κ1) is 18.0. The molecule has 1 aromatic heterocycles. The summed E-state index contributed by atoms with van der Waals surface area (Å²) in [6.07, 6.45) is 1.13. The second-order valence-corrected chi connectivity index (χ2v) is 7.71. The van der Waals surface area contributed by atoms with E-state index in [-0.39, 0.29) is 18.9 Å². The Morgan fingerprint density at radius 3 is 2.29 bits per heavy atom. The number of rotatable bonds is 6. The maximum Gasteiger partial charge on any atom is 0.232 e. The molecule has 130 valence electrons. The van der Waals surface area contributed by atoms with Crippen molar-refractivity contribution in [2.24, 2.45) is 0 Å². The summed E-state index contributed by atoms with van der Waals surface area (Å²) in [5, 5.41) is 6.25. The lowest BCUT2D eigenvalue weighted by Crippen LogP contribution is -2.33. The summed E-state index contributed by atoms with van der Waals surface area (Å²) in [7, 11) is -3.50. The number of carbonyl (C=O) groups excluding carboxylic acids is 1. The van der Waals surface area contributed by atoms with Crippen molar-refractivity contribution >= 4 is 27.4 Å². The normalized spacial score (nSPS) is 11.3. The zero-order valence-corrected chi connectivity index (χ0v) is 15.0. The van der Waals surface area contributed by atoms with Crippen LogP contribution in [0.3, 0.4) is 0 Å². The van der Waals surface area contributed by atoms with Gasteiger partial charge in [0, 0.05) is 19.0 Å². The molecule has 1 amide bonds. The number of sulfonamides is 1. The van der Waals surface area contributed by atoms with Crippen LogP contribution in [0.2, 0.25) is 0 Å². The molecule has 0 aliphatic rings. The van der Waals surface area contributed by atoms with Crippen molar-refractivity contribution in [2.75, 3.05) is 22.4 Å². The largest absolute Gasteiger partial charge is 0.360 e. The molecule has 7 nitrogen and oxygen atoms in total. The zero-order chi connectivity index (χ0) is 17.9. The third-order valence-electron chi connectivity index (χ3n) is 3.33. The first-order valence-corrected chi connectivity index (χ1v) is 9.29. The fourth-order valence-electron chi connectivity index (χ4n) is 2.41. The van der Waals surface area contributed by atoms with Crippen molar-refractivity contribution in [2.45, 2.75) is 27.2 Å². The Morgan fingerprint density at radius 1 is 1.17 bits per heavy atom. The lowest BCUT2D eigenvalue weighted by atomic mass is 10.1. The maximum atomic E-state index is 12.1. The van der Waals surface area contributed by atoms with Gasteiger partial charge in [-0.3, -0.25) is 9.10 Å². The molecule has 2 aromatic rings. The summed E-state index contributed by atoms with van der Waals surface area (Å²) in [5.74, 6) is 0.564. The zero-order valence-electron chi connectivity index (χ0n) is 14.2.